The van der Waals surface area contributed by atoms with Crippen LogP contribution in [0.25, 0.3) is 0 Å². The van der Waals surface area contributed by atoms with Crippen molar-refractivity contribution in [1.82, 2.24) is 20.6 Å². The molecule has 2 aromatic heterocycles. The van der Waals surface area contributed by atoms with Crippen LogP contribution in [0.15, 0.2) is 58.8 Å². The number of nitrogens with zero attached hydrogens (tertiary/aromatic N) is 2. The molecule has 39 heavy (non-hydrogen) atoms. The van der Waals surface area contributed by atoms with Crippen LogP contribution < -0.4 is 10.6 Å². The number of aliphatic carboxylic acids is 2. The molecule has 2 amide bonds. The Bertz CT molecular complexity index is 1040. The molecule has 0 radical (unpaired) electrons. The van der Waals surface area contributed by atoms with E-state index < -0.39 is 23.8 Å². The summed E-state index contributed by atoms with van der Waals surface area (Å²) < 4.78 is 0. The lowest BCUT2D eigenvalue weighted by Gasteiger charge is -2.20. The summed E-state index contributed by atoms with van der Waals surface area (Å²) in [7, 11) is 6.06. The van der Waals surface area contributed by atoms with Gasteiger partial charge in [0.15, 0.2) is 0 Å². The molecule has 10 nitrogen and oxygen atoms in total. The largest absolute Gasteiger partial charge is 0.481 e. The molecule has 0 aliphatic carbocycles. The van der Waals surface area contributed by atoms with Crippen molar-refractivity contribution in [3.8, 4) is 0 Å². The second-order valence-electron chi connectivity index (χ2n) is 8.23. The molecule has 0 spiro atoms. The fraction of sp³-hybridized carbons (Fsp3) is 0.440. The maximum absolute atomic E-state index is 12.8. The number of carbonyl (C=O) groups excluding carboxylic acids is 2. The van der Waals surface area contributed by atoms with Crippen molar-refractivity contribution in [3.63, 3.8) is 0 Å². The van der Waals surface area contributed by atoms with Crippen molar-refractivity contribution >= 4 is 66.9 Å². The van der Waals surface area contributed by atoms with Crippen LogP contribution in [0.1, 0.15) is 32.1 Å². The Kier molecular flexibility index (Phi) is 16.5. The van der Waals surface area contributed by atoms with Crippen molar-refractivity contribution in [3.05, 3.63) is 48.8 Å². The average Bonchev–Trinajstić information content (AvgIpc) is 2.93. The van der Waals surface area contributed by atoms with Crippen LogP contribution >= 0.6 is 43.2 Å². The van der Waals surface area contributed by atoms with Gasteiger partial charge in [-0.2, -0.15) is 0 Å². The van der Waals surface area contributed by atoms with E-state index in [0.717, 1.165) is 10.1 Å². The Balaban J connectivity index is 1.74. The lowest BCUT2D eigenvalue weighted by Crippen LogP contribution is -2.35. The number of aromatic nitrogens is 2. The molecule has 0 bridgehead atoms. The summed E-state index contributed by atoms with van der Waals surface area (Å²) in [5.41, 5.74) is 0. The van der Waals surface area contributed by atoms with E-state index in [1.165, 1.54) is 32.4 Å². The Morgan fingerprint density at radius 1 is 0.769 bits per heavy atom. The van der Waals surface area contributed by atoms with Crippen LogP contribution in [-0.4, -0.2) is 68.5 Å². The molecule has 0 fully saturated rings. The maximum atomic E-state index is 12.8. The molecule has 0 saturated heterocycles. The van der Waals surface area contributed by atoms with Crippen LogP contribution in [0.4, 0.5) is 0 Å². The van der Waals surface area contributed by atoms with Gasteiger partial charge < -0.3 is 20.8 Å². The normalized spacial score (nSPS) is 12.3. The number of carboxylic acid groups (broad SMARTS) is 2. The van der Waals surface area contributed by atoms with Gasteiger partial charge in [-0.25, -0.2) is 9.97 Å². The van der Waals surface area contributed by atoms with Gasteiger partial charge in [-0.1, -0.05) is 33.7 Å². The monoisotopic (exact) mass is 612 g/mol. The topological polar surface area (TPSA) is 159 Å². The summed E-state index contributed by atoms with van der Waals surface area (Å²) in [5.74, 6) is -3.27. The number of carboxylic acids is 2. The van der Waals surface area contributed by atoms with Crippen LogP contribution in [0.2, 0.25) is 0 Å². The highest BCUT2D eigenvalue weighted by atomic mass is 33.1. The first-order valence-electron chi connectivity index (χ1n) is 12.2. The predicted octanol–water partition coefficient (Wildman–Crippen LogP) is 4.24. The van der Waals surface area contributed by atoms with Gasteiger partial charge in [0.05, 0.1) is 5.92 Å². The molecule has 4 N–H and O–H groups in total. The fourth-order valence-corrected chi connectivity index (χ4v) is 6.89. The second kappa shape index (κ2) is 19.6. The molecular formula is C25H32N4O6S4. The summed E-state index contributed by atoms with van der Waals surface area (Å²) in [6.45, 7) is 0.783. The summed E-state index contributed by atoms with van der Waals surface area (Å²) in [5, 5.41) is 26.1. The summed E-state index contributed by atoms with van der Waals surface area (Å²) >= 11 is 0. The van der Waals surface area contributed by atoms with E-state index in [2.05, 4.69) is 20.6 Å². The van der Waals surface area contributed by atoms with Crippen LogP contribution in [0.3, 0.4) is 0 Å². The van der Waals surface area contributed by atoms with Gasteiger partial charge in [-0.05, 0) is 65.1 Å². The van der Waals surface area contributed by atoms with Gasteiger partial charge >= 0.3 is 11.9 Å². The van der Waals surface area contributed by atoms with Gasteiger partial charge in [0, 0.05) is 55.7 Å². The number of hydrogen-bond acceptors (Lipinski definition) is 10. The van der Waals surface area contributed by atoms with Crippen molar-refractivity contribution < 1.29 is 29.4 Å². The SMILES string of the molecule is O=C(O)CCC(CC(CCC(=O)NCCSSc1ccccn1)C(=O)O)C(=O)NCCSSc1ccccn1. The van der Waals surface area contributed by atoms with E-state index in [1.54, 1.807) is 23.2 Å². The molecule has 2 rings (SSSR count). The number of rotatable bonds is 20. The van der Waals surface area contributed by atoms with Gasteiger partial charge in [0.1, 0.15) is 10.1 Å². The molecule has 2 unspecified atom stereocenters. The van der Waals surface area contributed by atoms with Gasteiger partial charge in [0.25, 0.3) is 0 Å². The highest BCUT2D eigenvalue weighted by molar-refractivity contribution is 8.77. The van der Waals surface area contributed by atoms with Gasteiger partial charge in [-0.3, -0.25) is 19.2 Å². The minimum Gasteiger partial charge on any atom is -0.481 e. The molecule has 0 saturated carbocycles. The minimum atomic E-state index is -1.11. The first kappa shape index (κ1) is 32.8. The maximum Gasteiger partial charge on any atom is 0.306 e. The zero-order valence-corrected chi connectivity index (χ0v) is 24.5. The van der Waals surface area contributed by atoms with E-state index in [0.29, 0.717) is 24.6 Å². The van der Waals surface area contributed by atoms with E-state index in [4.69, 9.17) is 5.11 Å². The third-order valence-electron chi connectivity index (χ3n) is 5.27. The first-order chi connectivity index (χ1) is 18.8. The smallest absolute Gasteiger partial charge is 0.306 e. The van der Waals surface area contributed by atoms with E-state index in [1.807, 2.05) is 36.4 Å². The second-order valence-corrected chi connectivity index (χ2v) is 13.1. The predicted molar refractivity (Wildman–Crippen MR) is 156 cm³/mol. The quantitative estimate of drug-likeness (QED) is 0.125. The van der Waals surface area contributed by atoms with E-state index in [9.17, 15) is 24.3 Å². The Morgan fingerprint density at radius 2 is 1.33 bits per heavy atom. The van der Waals surface area contributed by atoms with E-state index in [-0.39, 0.29) is 43.9 Å². The third kappa shape index (κ3) is 15.1. The molecule has 0 aliphatic rings. The zero-order valence-electron chi connectivity index (χ0n) is 21.2. The van der Waals surface area contributed by atoms with Crippen molar-refractivity contribution in [2.75, 3.05) is 24.6 Å². The number of hydrogen-bond donors (Lipinski definition) is 4. The third-order valence-corrected chi connectivity index (χ3v) is 9.81. The van der Waals surface area contributed by atoms with Crippen LogP contribution in [0, 0.1) is 11.8 Å². The highest BCUT2D eigenvalue weighted by Crippen LogP contribution is 2.29. The lowest BCUT2D eigenvalue weighted by atomic mass is 9.87. The summed E-state index contributed by atoms with van der Waals surface area (Å²) in [4.78, 5) is 56.4. The number of pyridine rings is 2. The molecule has 212 valence electrons. The van der Waals surface area contributed by atoms with E-state index >= 15 is 0 Å². The van der Waals surface area contributed by atoms with Crippen molar-refractivity contribution in [1.29, 1.82) is 0 Å². The molecule has 14 heteroatoms. The Hall–Kier alpha value is -2.42. The minimum absolute atomic E-state index is 0.00364. The van der Waals surface area contributed by atoms with Crippen LogP contribution in [-0.2, 0) is 19.2 Å². The average molecular weight is 613 g/mol. The molecule has 2 heterocycles. The lowest BCUT2D eigenvalue weighted by molar-refractivity contribution is -0.143. The van der Waals surface area contributed by atoms with Crippen molar-refractivity contribution in [2.24, 2.45) is 11.8 Å². The fourth-order valence-electron chi connectivity index (χ4n) is 3.32. The zero-order chi connectivity index (χ0) is 28.3. The van der Waals surface area contributed by atoms with Gasteiger partial charge in [0.2, 0.25) is 11.8 Å². The van der Waals surface area contributed by atoms with Crippen molar-refractivity contribution in [2.45, 2.75) is 42.2 Å². The number of carbonyl (C=O) groups is 4. The Morgan fingerprint density at radius 3 is 1.85 bits per heavy atom. The molecule has 2 atom stereocenters. The highest BCUT2D eigenvalue weighted by Gasteiger charge is 2.28. The Labute approximate surface area is 243 Å². The first-order valence-corrected chi connectivity index (χ1v) is 16.9. The molecular weight excluding hydrogens is 581 g/mol. The van der Waals surface area contributed by atoms with Gasteiger partial charge in [-0.15, -0.1) is 0 Å². The molecule has 0 aromatic carbocycles. The standard InChI is InChI=1S/C25H32N4O6S4/c30-20(26-13-15-36-38-21-5-1-3-11-27-21)9-7-19(25(34)35)17-18(8-10-23(31)32)24(33)29-14-16-37-39-22-6-2-4-12-28-22/h1-6,11-12,18-19H,7-10,13-17H2,(H,26,30)(H,29,33)(H,31,32)(H,34,35). The molecule has 0 aliphatic heterocycles. The molecule has 2 aromatic rings. The number of nitrogens with one attached hydrogen (secondary N) is 2. The number of amides is 2. The summed E-state index contributed by atoms with van der Waals surface area (Å²) in [6.07, 6.45) is 3.22. The van der Waals surface area contributed by atoms with Crippen LogP contribution in [0.5, 0.6) is 0 Å². The summed E-state index contributed by atoms with van der Waals surface area (Å²) in [6, 6.07) is 11.2.